The standard InChI is InChI=1S/C21H22F5N7O2/c1-12-6-20(22,23)11-33(15(12)10-35-19-31-7-13(8-32-19)21(24,25)26)18(34)16(27)14(9-28-2)17-29-4-3-5-30-17/h3-5,7-9,12,15H,6,10-11,27H2,1-2H3/t12-,15?/m1/s1. The highest BCUT2D eigenvalue weighted by atomic mass is 19.4. The van der Waals surface area contributed by atoms with Crippen LogP contribution in [-0.4, -0.2) is 69.1 Å². The normalized spacial score (nSPS) is 21.1. The van der Waals surface area contributed by atoms with Gasteiger partial charge in [0.1, 0.15) is 12.3 Å². The van der Waals surface area contributed by atoms with Crippen molar-refractivity contribution < 1.29 is 31.5 Å². The molecule has 1 aliphatic heterocycles. The highest BCUT2D eigenvalue weighted by molar-refractivity contribution is 6.17. The Morgan fingerprint density at radius 2 is 1.89 bits per heavy atom. The number of aromatic nitrogens is 4. The summed E-state index contributed by atoms with van der Waals surface area (Å²) in [6, 6.07) is 0.254. The quantitative estimate of drug-likeness (QED) is 0.369. The molecule has 2 aromatic heterocycles. The van der Waals surface area contributed by atoms with E-state index in [2.05, 4.69) is 24.9 Å². The van der Waals surface area contributed by atoms with Crippen LogP contribution in [0.25, 0.3) is 5.57 Å². The van der Waals surface area contributed by atoms with Crippen LogP contribution >= 0.6 is 0 Å². The molecule has 0 saturated carbocycles. The maximum atomic E-state index is 14.4. The number of nitrogens with two attached hydrogens (primary N) is 1. The van der Waals surface area contributed by atoms with E-state index < -0.39 is 60.2 Å². The second kappa shape index (κ2) is 10.3. The smallest absolute Gasteiger partial charge is 0.419 e. The Morgan fingerprint density at radius 1 is 1.26 bits per heavy atom. The Labute approximate surface area is 197 Å². The maximum absolute atomic E-state index is 14.4. The minimum absolute atomic E-state index is 0.0467. The highest BCUT2D eigenvalue weighted by Crippen LogP contribution is 2.35. The van der Waals surface area contributed by atoms with Gasteiger partial charge in [-0.2, -0.15) is 13.2 Å². The van der Waals surface area contributed by atoms with E-state index in [-0.39, 0.29) is 18.0 Å². The van der Waals surface area contributed by atoms with E-state index in [0.29, 0.717) is 12.4 Å². The molecule has 1 unspecified atom stereocenters. The Kier molecular flexibility index (Phi) is 7.60. The van der Waals surface area contributed by atoms with E-state index in [0.717, 1.165) is 4.90 Å². The van der Waals surface area contributed by atoms with Crippen molar-refractivity contribution in [2.75, 3.05) is 20.2 Å². The van der Waals surface area contributed by atoms with Crippen LogP contribution in [-0.2, 0) is 11.0 Å². The molecule has 2 N–H and O–H groups in total. The summed E-state index contributed by atoms with van der Waals surface area (Å²) in [7, 11) is 1.43. The lowest BCUT2D eigenvalue weighted by molar-refractivity contribution is -0.151. The number of likely N-dealkylation sites (tertiary alicyclic amines) is 1. The van der Waals surface area contributed by atoms with Gasteiger partial charge in [0.2, 0.25) is 0 Å². The van der Waals surface area contributed by atoms with E-state index in [1.165, 1.54) is 32.6 Å². The average molecular weight is 499 g/mol. The summed E-state index contributed by atoms with van der Waals surface area (Å²) in [5, 5.41) is 0. The van der Waals surface area contributed by atoms with Crippen molar-refractivity contribution in [2.45, 2.75) is 31.5 Å². The van der Waals surface area contributed by atoms with Crippen LogP contribution in [0.2, 0.25) is 0 Å². The zero-order valence-corrected chi connectivity index (χ0v) is 18.7. The zero-order valence-electron chi connectivity index (χ0n) is 18.7. The molecule has 188 valence electrons. The minimum Gasteiger partial charge on any atom is -0.461 e. The van der Waals surface area contributed by atoms with Crippen LogP contribution in [0.4, 0.5) is 22.0 Å². The second-order valence-electron chi connectivity index (χ2n) is 7.89. The first-order valence-electron chi connectivity index (χ1n) is 10.3. The fraction of sp³-hybridized carbons (Fsp3) is 0.429. The number of allylic oxidation sites excluding steroid dienone is 1. The molecule has 2 atom stereocenters. The molecule has 14 heteroatoms. The lowest BCUT2D eigenvalue weighted by Crippen LogP contribution is -2.58. The van der Waals surface area contributed by atoms with Crippen LogP contribution in [0.15, 0.2) is 41.5 Å². The maximum Gasteiger partial charge on any atom is 0.419 e. The van der Waals surface area contributed by atoms with Crippen molar-refractivity contribution in [1.29, 1.82) is 0 Å². The first-order chi connectivity index (χ1) is 16.4. The molecular weight excluding hydrogens is 477 g/mol. The molecule has 0 spiro atoms. The molecule has 3 heterocycles. The largest absolute Gasteiger partial charge is 0.461 e. The number of hydrogen-bond donors (Lipinski definition) is 1. The van der Waals surface area contributed by atoms with Crippen LogP contribution in [0.3, 0.4) is 0 Å². The van der Waals surface area contributed by atoms with Crippen molar-refractivity contribution in [3.63, 3.8) is 0 Å². The lowest BCUT2D eigenvalue weighted by Gasteiger charge is -2.43. The summed E-state index contributed by atoms with van der Waals surface area (Å²) in [6.07, 6.45) is 0.00414. The third kappa shape index (κ3) is 6.25. The number of nitrogens with zero attached hydrogens (tertiary/aromatic N) is 6. The van der Waals surface area contributed by atoms with Gasteiger partial charge in [-0.1, -0.05) is 6.92 Å². The van der Waals surface area contributed by atoms with Crippen LogP contribution in [0, 0.1) is 5.92 Å². The molecule has 0 bridgehead atoms. The second-order valence-corrected chi connectivity index (χ2v) is 7.89. The monoisotopic (exact) mass is 499 g/mol. The Bertz CT molecular complexity index is 1090. The van der Waals surface area contributed by atoms with E-state index in [1.807, 2.05) is 0 Å². The Balaban J connectivity index is 1.88. The summed E-state index contributed by atoms with van der Waals surface area (Å²) in [5.41, 5.74) is 4.65. The van der Waals surface area contributed by atoms with Gasteiger partial charge in [0.25, 0.3) is 11.8 Å². The highest BCUT2D eigenvalue weighted by Gasteiger charge is 2.47. The van der Waals surface area contributed by atoms with Gasteiger partial charge >= 0.3 is 12.2 Å². The number of aliphatic imine (C=N–C) groups is 1. The molecule has 3 rings (SSSR count). The van der Waals surface area contributed by atoms with Crippen LogP contribution < -0.4 is 10.5 Å². The molecule has 1 saturated heterocycles. The molecule has 0 aromatic carbocycles. The zero-order chi connectivity index (χ0) is 25.8. The Morgan fingerprint density at radius 3 is 2.46 bits per heavy atom. The van der Waals surface area contributed by atoms with Crippen molar-refractivity contribution in [2.24, 2.45) is 16.6 Å². The topological polar surface area (TPSA) is 119 Å². The minimum atomic E-state index is -4.63. The van der Waals surface area contributed by atoms with Gasteiger partial charge in [0.05, 0.1) is 23.7 Å². The predicted molar refractivity (Wildman–Crippen MR) is 114 cm³/mol. The number of ether oxygens (including phenoxy) is 1. The van der Waals surface area contributed by atoms with Gasteiger partial charge in [-0.15, -0.1) is 0 Å². The van der Waals surface area contributed by atoms with Crippen molar-refractivity contribution in [1.82, 2.24) is 24.8 Å². The van der Waals surface area contributed by atoms with E-state index in [4.69, 9.17) is 10.5 Å². The van der Waals surface area contributed by atoms with E-state index in [9.17, 15) is 26.7 Å². The Hall–Kier alpha value is -3.71. The lowest BCUT2D eigenvalue weighted by atomic mass is 9.88. The van der Waals surface area contributed by atoms with Gasteiger partial charge in [0.15, 0.2) is 5.82 Å². The van der Waals surface area contributed by atoms with Gasteiger partial charge < -0.3 is 15.4 Å². The molecule has 0 radical (unpaired) electrons. The van der Waals surface area contributed by atoms with Crippen molar-refractivity contribution >= 4 is 17.7 Å². The molecule has 2 aromatic rings. The molecule has 1 amide bonds. The molecular formula is C21H22F5N7O2. The summed E-state index contributed by atoms with van der Waals surface area (Å²) >= 11 is 0. The number of carbonyl (C=O) groups is 1. The third-order valence-corrected chi connectivity index (χ3v) is 5.26. The number of halogens is 5. The first kappa shape index (κ1) is 25.9. The predicted octanol–water partition coefficient (Wildman–Crippen LogP) is 2.61. The summed E-state index contributed by atoms with van der Waals surface area (Å²) in [4.78, 5) is 33.1. The third-order valence-electron chi connectivity index (χ3n) is 5.26. The van der Waals surface area contributed by atoms with Crippen molar-refractivity contribution in [3.8, 4) is 6.01 Å². The number of hydrogen-bond acceptors (Lipinski definition) is 8. The fourth-order valence-corrected chi connectivity index (χ4v) is 3.60. The molecule has 35 heavy (non-hydrogen) atoms. The van der Waals surface area contributed by atoms with Crippen LogP contribution in [0.1, 0.15) is 24.7 Å². The van der Waals surface area contributed by atoms with Crippen LogP contribution in [0.5, 0.6) is 6.01 Å². The number of alkyl halides is 5. The van der Waals surface area contributed by atoms with E-state index >= 15 is 0 Å². The number of piperidine rings is 1. The van der Waals surface area contributed by atoms with Gasteiger partial charge in [0, 0.05) is 44.5 Å². The van der Waals surface area contributed by atoms with Gasteiger partial charge in [-0.05, 0) is 12.0 Å². The molecule has 1 aliphatic rings. The first-order valence-corrected chi connectivity index (χ1v) is 10.3. The van der Waals surface area contributed by atoms with Gasteiger partial charge in [-0.25, -0.2) is 28.7 Å². The van der Waals surface area contributed by atoms with Gasteiger partial charge in [-0.3, -0.25) is 9.79 Å². The summed E-state index contributed by atoms with van der Waals surface area (Å²) in [5.74, 6) is -4.78. The number of rotatable bonds is 6. The van der Waals surface area contributed by atoms with Crippen molar-refractivity contribution in [3.05, 3.63) is 47.9 Å². The van der Waals surface area contributed by atoms with E-state index in [1.54, 1.807) is 6.07 Å². The number of amides is 1. The number of carbonyl (C=O) groups excluding carboxylic acids is 1. The summed E-state index contributed by atoms with van der Waals surface area (Å²) < 4.78 is 72.3. The molecule has 1 fully saturated rings. The molecule has 9 nitrogen and oxygen atoms in total. The average Bonchev–Trinajstić information content (AvgIpc) is 2.80. The SMILES string of the molecule is CN=CC(=C(N)C(=O)N1CC(F)(F)C[C@@H](C)C1COc1ncc(C(F)(F)F)cn1)c1ncccn1. The summed E-state index contributed by atoms with van der Waals surface area (Å²) in [6.45, 7) is 0.218. The fourth-order valence-electron chi connectivity index (χ4n) is 3.60. The molecule has 0 aliphatic carbocycles.